The molecule has 0 amide bonds. The van der Waals surface area contributed by atoms with E-state index >= 15 is 0 Å². The van der Waals surface area contributed by atoms with Crippen LogP contribution in [0.1, 0.15) is 48.2 Å². The fourth-order valence-electron chi connectivity index (χ4n) is 4.30. The van der Waals surface area contributed by atoms with Gasteiger partial charge in [0.2, 0.25) is 0 Å². The lowest BCUT2D eigenvalue weighted by molar-refractivity contribution is -0.142. The van der Waals surface area contributed by atoms with Crippen molar-refractivity contribution in [2.75, 3.05) is 6.54 Å². The first kappa shape index (κ1) is 20.2. The summed E-state index contributed by atoms with van der Waals surface area (Å²) >= 11 is 0. The van der Waals surface area contributed by atoms with Gasteiger partial charge in [0.05, 0.1) is 5.92 Å². The summed E-state index contributed by atoms with van der Waals surface area (Å²) in [4.78, 5) is 11.9. The molecule has 2 atom stereocenters. The van der Waals surface area contributed by atoms with Crippen LogP contribution in [0.3, 0.4) is 0 Å². The predicted molar refractivity (Wildman–Crippen MR) is 114 cm³/mol. The van der Waals surface area contributed by atoms with Gasteiger partial charge >= 0.3 is 5.97 Å². The number of H-pyrrole nitrogens is 1. The summed E-state index contributed by atoms with van der Waals surface area (Å²) in [7, 11) is 0. The van der Waals surface area contributed by atoms with E-state index in [4.69, 9.17) is 0 Å². The summed E-state index contributed by atoms with van der Waals surface area (Å²) in [6.45, 7) is 3.95. The number of fused-ring (bicyclic) bond motifs is 1. The number of hydrogen-bond acceptors (Lipinski definition) is 5. The van der Waals surface area contributed by atoms with Crippen LogP contribution in [0.2, 0.25) is 0 Å². The van der Waals surface area contributed by atoms with E-state index in [1.54, 1.807) is 0 Å². The molecule has 7 nitrogen and oxygen atoms in total. The largest absolute Gasteiger partial charge is 0.481 e. The molecule has 2 heterocycles. The number of tetrazole rings is 1. The summed E-state index contributed by atoms with van der Waals surface area (Å²) in [5.41, 5.74) is 6.21. The third-order valence-electron chi connectivity index (χ3n) is 5.93. The van der Waals surface area contributed by atoms with E-state index in [1.807, 2.05) is 6.92 Å². The van der Waals surface area contributed by atoms with Crippen LogP contribution in [0.25, 0.3) is 11.1 Å². The second-order valence-electron chi connectivity index (χ2n) is 7.92. The highest BCUT2D eigenvalue weighted by molar-refractivity contribution is 5.71. The first-order valence-electron chi connectivity index (χ1n) is 10.5. The highest BCUT2D eigenvalue weighted by Crippen LogP contribution is 2.31. The van der Waals surface area contributed by atoms with E-state index in [-0.39, 0.29) is 5.92 Å². The zero-order valence-corrected chi connectivity index (χ0v) is 17.1. The lowest BCUT2D eigenvalue weighted by atomic mass is 9.83. The maximum atomic E-state index is 11.9. The Morgan fingerprint density at radius 3 is 2.63 bits per heavy atom. The molecule has 1 aliphatic rings. The Morgan fingerprint density at radius 2 is 1.93 bits per heavy atom. The van der Waals surface area contributed by atoms with Gasteiger partial charge in [-0.05, 0) is 59.7 Å². The van der Waals surface area contributed by atoms with Gasteiger partial charge in [0.25, 0.3) is 0 Å². The van der Waals surface area contributed by atoms with Crippen molar-refractivity contribution in [1.82, 2.24) is 25.9 Å². The quantitative estimate of drug-likeness (QED) is 0.531. The molecular weight excluding hydrogens is 378 g/mol. The molecule has 7 heteroatoms. The van der Waals surface area contributed by atoms with Crippen molar-refractivity contribution in [2.45, 2.75) is 45.1 Å². The summed E-state index contributed by atoms with van der Waals surface area (Å²) in [5.74, 6) is -1.21. The molecule has 156 valence electrons. The van der Waals surface area contributed by atoms with Crippen LogP contribution < -0.4 is 5.32 Å². The van der Waals surface area contributed by atoms with Crippen LogP contribution in [0.4, 0.5) is 0 Å². The Kier molecular flexibility index (Phi) is 6.18. The van der Waals surface area contributed by atoms with Crippen LogP contribution in [0.5, 0.6) is 0 Å². The molecule has 3 N–H and O–H groups in total. The minimum Gasteiger partial charge on any atom is -0.481 e. The molecule has 0 fully saturated rings. The van der Waals surface area contributed by atoms with Crippen molar-refractivity contribution in [3.05, 3.63) is 65.0 Å². The molecule has 0 bridgehead atoms. The van der Waals surface area contributed by atoms with Gasteiger partial charge in [-0.2, -0.15) is 5.21 Å². The number of nitrogens with zero attached hydrogens (tertiary/aromatic N) is 3. The Hall–Kier alpha value is -3.06. The molecular formula is C23H27N5O2. The van der Waals surface area contributed by atoms with Crippen molar-refractivity contribution < 1.29 is 9.90 Å². The van der Waals surface area contributed by atoms with Crippen LogP contribution >= 0.6 is 0 Å². The van der Waals surface area contributed by atoms with Gasteiger partial charge in [-0.3, -0.25) is 4.79 Å². The average molecular weight is 406 g/mol. The zero-order valence-electron chi connectivity index (χ0n) is 17.1. The molecule has 2 aromatic carbocycles. The molecule has 2 unspecified atom stereocenters. The highest BCUT2D eigenvalue weighted by atomic mass is 16.4. The van der Waals surface area contributed by atoms with E-state index in [0.717, 1.165) is 37.1 Å². The highest BCUT2D eigenvalue weighted by Gasteiger charge is 2.31. The minimum absolute atomic E-state index is 0.318. The third kappa shape index (κ3) is 4.41. The second-order valence-corrected chi connectivity index (χ2v) is 7.92. The van der Waals surface area contributed by atoms with Crippen LogP contribution in [-0.2, 0) is 24.2 Å². The number of nitrogens with one attached hydrogen (secondary N) is 2. The first-order valence-corrected chi connectivity index (χ1v) is 10.5. The summed E-state index contributed by atoms with van der Waals surface area (Å²) in [6, 6.07) is 15.0. The minimum atomic E-state index is -0.814. The molecule has 1 aliphatic heterocycles. The van der Waals surface area contributed by atoms with Crippen molar-refractivity contribution in [2.24, 2.45) is 5.92 Å². The lowest BCUT2D eigenvalue weighted by Gasteiger charge is -2.21. The fraction of sp³-hybridized carbons (Fsp3) is 0.391. The number of aliphatic carboxylic acids is 1. The molecule has 30 heavy (non-hydrogen) atoms. The van der Waals surface area contributed by atoms with Crippen LogP contribution in [0.15, 0.2) is 42.5 Å². The van der Waals surface area contributed by atoms with Crippen LogP contribution in [0, 0.1) is 5.92 Å². The number of aromatic amines is 1. The molecule has 0 spiro atoms. The summed E-state index contributed by atoms with van der Waals surface area (Å²) in [6.07, 6.45) is 3.01. The maximum absolute atomic E-state index is 11.9. The predicted octanol–water partition coefficient (Wildman–Crippen LogP) is 3.34. The Labute approximate surface area is 175 Å². The number of carboxylic acid groups (broad SMARTS) is 1. The van der Waals surface area contributed by atoms with E-state index in [9.17, 15) is 9.90 Å². The van der Waals surface area contributed by atoms with Crippen molar-refractivity contribution >= 4 is 5.97 Å². The van der Waals surface area contributed by atoms with E-state index < -0.39 is 11.9 Å². The summed E-state index contributed by atoms with van der Waals surface area (Å²) < 4.78 is 0. The second kappa shape index (κ2) is 9.17. The van der Waals surface area contributed by atoms with Gasteiger partial charge in [0.1, 0.15) is 0 Å². The van der Waals surface area contributed by atoms with Gasteiger partial charge in [0, 0.05) is 12.5 Å². The molecule has 0 saturated heterocycles. The number of carboxylic acids is 1. The molecule has 0 saturated carbocycles. The Morgan fingerprint density at radius 1 is 1.13 bits per heavy atom. The average Bonchev–Trinajstić information content (AvgIpc) is 3.31. The number of aromatic nitrogens is 4. The smallest absolute Gasteiger partial charge is 0.307 e. The normalized spacial score (nSPS) is 15.4. The fourth-order valence-corrected chi connectivity index (χ4v) is 4.30. The first-order chi connectivity index (χ1) is 14.7. The molecule has 0 radical (unpaired) electrons. The van der Waals surface area contributed by atoms with E-state index in [2.05, 4.69) is 68.4 Å². The van der Waals surface area contributed by atoms with Crippen LogP contribution in [-0.4, -0.2) is 38.2 Å². The Bertz CT molecular complexity index is 985. The summed E-state index contributed by atoms with van der Waals surface area (Å²) in [5, 5.41) is 27.5. The lowest BCUT2D eigenvalue weighted by Crippen LogP contribution is -2.25. The molecule has 4 rings (SSSR count). The number of rotatable bonds is 8. The van der Waals surface area contributed by atoms with Crippen molar-refractivity contribution in [3.63, 3.8) is 0 Å². The van der Waals surface area contributed by atoms with Gasteiger partial charge in [-0.25, -0.2) is 0 Å². The van der Waals surface area contributed by atoms with Crippen molar-refractivity contribution in [3.8, 4) is 11.1 Å². The van der Waals surface area contributed by atoms with E-state index in [1.165, 1.54) is 16.7 Å². The van der Waals surface area contributed by atoms with Gasteiger partial charge in [0.15, 0.2) is 5.82 Å². The van der Waals surface area contributed by atoms with Gasteiger partial charge in [-0.1, -0.05) is 55.0 Å². The number of carbonyl (C=O) groups is 1. The topological polar surface area (TPSA) is 104 Å². The molecule has 1 aromatic heterocycles. The Balaban J connectivity index is 1.56. The molecule has 3 aromatic rings. The third-order valence-corrected chi connectivity index (χ3v) is 5.93. The maximum Gasteiger partial charge on any atom is 0.307 e. The SMILES string of the molecule is CCCC(C(=O)O)C(Cc1ccc(-c2ccc3c(c2)CNCC3)cc1)c1nn[nH]n1. The monoisotopic (exact) mass is 405 g/mol. The number of benzene rings is 2. The van der Waals surface area contributed by atoms with Gasteiger partial charge < -0.3 is 10.4 Å². The van der Waals surface area contributed by atoms with Crippen molar-refractivity contribution in [1.29, 1.82) is 0 Å². The molecule has 0 aliphatic carbocycles. The zero-order chi connectivity index (χ0) is 20.9. The van der Waals surface area contributed by atoms with Gasteiger partial charge in [-0.15, -0.1) is 10.2 Å². The van der Waals surface area contributed by atoms with E-state index in [0.29, 0.717) is 18.7 Å². The standard InChI is InChI=1S/C23H27N5O2/c1-2-3-20(23(29)30)21(22-25-27-28-26-22)12-15-4-6-16(7-5-15)18-9-8-17-10-11-24-14-19(17)13-18/h4-9,13,20-21,24H,2-3,10-12,14H2,1H3,(H,29,30)(H,25,26,27,28). The number of hydrogen-bond donors (Lipinski definition) is 3.